The number of hydrogen-bond donors (Lipinski definition) is 0. The van der Waals surface area contributed by atoms with Crippen molar-refractivity contribution in [2.75, 3.05) is 0 Å². The molecule has 0 amide bonds. The molecule has 1 heterocycles. The van der Waals surface area contributed by atoms with Crippen LogP contribution in [-0.2, 0) is 5.51 Å². The second-order valence-electron chi connectivity index (χ2n) is 4.31. The third-order valence-corrected chi connectivity index (χ3v) is 5.07. The van der Waals surface area contributed by atoms with Gasteiger partial charge in [0.05, 0.1) is 0 Å². The second-order valence-corrected chi connectivity index (χ2v) is 6.26. The Balaban J connectivity index is 2.32. The summed E-state index contributed by atoms with van der Waals surface area (Å²) < 4.78 is 53.3. The van der Waals surface area contributed by atoms with Gasteiger partial charge in [-0.25, -0.2) is 4.39 Å². The summed E-state index contributed by atoms with van der Waals surface area (Å²) >= 11 is 0. The van der Waals surface area contributed by atoms with E-state index in [1.165, 1.54) is 30.3 Å². The van der Waals surface area contributed by atoms with Gasteiger partial charge < -0.3 is 0 Å². The molecular weight excluding hydrogens is 288 g/mol. The van der Waals surface area contributed by atoms with Crippen LogP contribution in [-0.4, -0.2) is 0 Å². The summed E-state index contributed by atoms with van der Waals surface area (Å²) in [7, 11) is -1.98. The molecule has 0 saturated carbocycles. The number of rotatable bonds is 1. The Kier molecular flexibility index (Phi) is 3.01. The first-order valence-corrected chi connectivity index (χ1v) is 7.07. The summed E-state index contributed by atoms with van der Waals surface area (Å²) in [5, 5.41) is 0.576. The quantitative estimate of drug-likeness (QED) is 0.389. The molecule has 0 bridgehead atoms. The lowest BCUT2D eigenvalue weighted by molar-refractivity contribution is -0.0864. The van der Waals surface area contributed by atoms with E-state index in [1.54, 1.807) is 24.3 Å². The van der Waals surface area contributed by atoms with Crippen molar-refractivity contribution in [3.63, 3.8) is 0 Å². The first-order chi connectivity index (χ1) is 9.47. The van der Waals surface area contributed by atoms with Crippen molar-refractivity contribution in [2.24, 2.45) is 0 Å². The zero-order valence-electron chi connectivity index (χ0n) is 10.1. The molecule has 0 radical (unpaired) electrons. The molecule has 0 aliphatic heterocycles. The van der Waals surface area contributed by atoms with E-state index >= 15 is 0 Å². The van der Waals surface area contributed by atoms with Crippen LogP contribution in [0.15, 0.2) is 54.6 Å². The monoisotopic (exact) mass is 297 g/mol. The van der Waals surface area contributed by atoms with Crippen LogP contribution in [0.4, 0.5) is 17.6 Å². The minimum Gasteiger partial charge on any atom is -0.207 e. The second kappa shape index (κ2) is 4.59. The van der Waals surface area contributed by atoms with Gasteiger partial charge in [0.1, 0.15) is 16.3 Å². The van der Waals surface area contributed by atoms with Gasteiger partial charge in [-0.05, 0) is 36.4 Å². The molecule has 0 aliphatic rings. The fourth-order valence-electron chi connectivity index (χ4n) is 2.17. The van der Waals surface area contributed by atoms with Crippen LogP contribution in [0, 0.1) is 5.82 Å². The predicted molar refractivity (Wildman–Crippen MR) is 73.1 cm³/mol. The van der Waals surface area contributed by atoms with Crippen LogP contribution < -0.4 is 0 Å². The molecule has 20 heavy (non-hydrogen) atoms. The lowest BCUT2D eigenvalue weighted by atomic mass is 10.1. The number of halogens is 4. The molecule has 0 spiro atoms. The van der Waals surface area contributed by atoms with Crippen LogP contribution >= 0.6 is 10.5 Å². The van der Waals surface area contributed by atoms with E-state index in [-0.39, 0.29) is 9.58 Å². The minimum atomic E-state index is -4.34. The molecule has 0 fully saturated rings. The van der Waals surface area contributed by atoms with Crippen LogP contribution in [0.1, 0.15) is 0 Å². The van der Waals surface area contributed by atoms with E-state index in [4.69, 9.17) is 0 Å². The van der Waals surface area contributed by atoms with Gasteiger partial charge in [-0.15, -0.1) is 13.2 Å². The maximum absolute atomic E-state index is 13.4. The SMILES string of the molecule is Fc1ccc(-c2cc3ccccc3[s+]2C(F)(F)F)cc1. The highest BCUT2D eigenvalue weighted by molar-refractivity contribution is 7.41. The van der Waals surface area contributed by atoms with Crippen molar-refractivity contribution in [3.8, 4) is 10.4 Å². The van der Waals surface area contributed by atoms with E-state index in [1.807, 2.05) is 0 Å². The normalized spacial score (nSPS) is 12.9. The molecule has 0 N–H and O–H groups in total. The predicted octanol–water partition coefficient (Wildman–Crippen LogP) is 5.87. The molecule has 1 aromatic heterocycles. The molecule has 1 atom stereocenters. The summed E-state index contributed by atoms with van der Waals surface area (Å²) in [6.07, 6.45) is 0. The Morgan fingerprint density at radius 1 is 0.850 bits per heavy atom. The summed E-state index contributed by atoms with van der Waals surface area (Å²) in [6, 6.07) is 13.1. The first kappa shape index (κ1) is 13.1. The van der Waals surface area contributed by atoms with Gasteiger partial charge >= 0.3 is 5.51 Å². The number of hydrogen-bond acceptors (Lipinski definition) is 0. The fraction of sp³-hybridized carbons (Fsp3) is 0.0667. The Morgan fingerprint density at radius 3 is 2.15 bits per heavy atom. The van der Waals surface area contributed by atoms with E-state index in [2.05, 4.69) is 0 Å². The van der Waals surface area contributed by atoms with E-state index in [9.17, 15) is 17.6 Å². The van der Waals surface area contributed by atoms with Crippen LogP contribution in [0.3, 0.4) is 0 Å². The van der Waals surface area contributed by atoms with Crippen LogP contribution in [0.5, 0.6) is 0 Å². The summed E-state index contributed by atoms with van der Waals surface area (Å²) in [6.45, 7) is 0. The highest BCUT2D eigenvalue weighted by Gasteiger charge is 2.48. The van der Waals surface area contributed by atoms with Gasteiger partial charge in [0.15, 0.2) is 9.58 Å². The van der Waals surface area contributed by atoms with Gasteiger partial charge in [0.25, 0.3) is 0 Å². The first-order valence-electron chi connectivity index (χ1n) is 5.84. The Bertz CT molecular complexity index is 754. The van der Waals surface area contributed by atoms with E-state index < -0.39 is 21.8 Å². The number of fused-ring (bicyclic) bond motifs is 1. The van der Waals surface area contributed by atoms with E-state index in [0.29, 0.717) is 10.9 Å². The van der Waals surface area contributed by atoms with E-state index in [0.717, 1.165) is 0 Å². The topological polar surface area (TPSA) is 0 Å². The van der Waals surface area contributed by atoms with Crippen LogP contribution in [0.25, 0.3) is 20.5 Å². The Labute approximate surface area is 115 Å². The summed E-state index contributed by atoms with van der Waals surface area (Å²) in [5.74, 6) is -0.461. The zero-order chi connectivity index (χ0) is 14.3. The standard InChI is InChI=1S/C15H9F4S/c16-12-7-5-10(6-8-12)14-9-11-3-1-2-4-13(11)20(14)15(17,18)19/h1-9H/q+1. The van der Waals surface area contributed by atoms with Crippen molar-refractivity contribution >= 4 is 20.6 Å². The minimum absolute atomic E-state index is 0.193. The van der Waals surface area contributed by atoms with Crippen LogP contribution in [0.2, 0.25) is 0 Å². The molecular formula is C15H9F4S+. The molecule has 3 rings (SSSR count). The lowest BCUT2D eigenvalue weighted by Gasteiger charge is -2.00. The van der Waals surface area contributed by atoms with Gasteiger partial charge in [-0.2, -0.15) is 0 Å². The molecule has 3 aromatic rings. The van der Waals surface area contributed by atoms with Gasteiger partial charge in [-0.1, -0.05) is 12.1 Å². The third kappa shape index (κ3) is 2.18. The van der Waals surface area contributed by atoms with Crippen molar-refractivity contribution in [2.45, 2.75) is 5.51 Å². The molecule has 0 saturated heterocycles. The highest BCUT2D eigenvalue weighted by Crippen LogP contribution is 2.54. The van der Waals surface area contributed by atoms with Gasteiger partial charge in [0, 0.05) is 17.0 Å². The zero-order valence-corrected chi connectivity index (χ0v) is 10.9. The number of thiophene rings is 1. The van der Waals surface area contributed by atoms with Crippen molar-refractivity contribution in [3.05, 3.63) is 60.4 Å². The molecule has 1 unspecified atom stereocenters. The van der Waals surface area contributed by atoms with Gasteiger partial charge in [-0.3, -0.25) is 0 Å². The van der Waals surface area contributed by atoms with Crippen molar-refractivity contribution in [1.82, 2.24) is 0 Å². The Morgan fingerprint density at radius 2 is 1.50 bits per heavy atom. The average molecular weight is 297 g/mol. The Hall–Kier alpha value is -1.88. The van der Waals surface area contributed by atoms with Crippen molar-refractivity contribution in [1.29, 1.82) is 0 Å². The molecule has 5 heteroatoms. The molecule has 0 nitrogen and oxygen atoms in total. The highest BCUT2D eigenvalue weighted by atomic mass is 32.2. The smallest absolute Gasteiger partial charge is 0.207 e. The summed E-state index contributed by atoms with van der Waals surface area (Å²) in [5.41, 5.74) is -3.93. The maximum atomic E-state index is 13.4. The third-order valence-electron chi connectivity index (χ3n) is 3.01. The number of alkyl halides is 3. The molecule has 2 aromatic carbocycles. The molecule has 102 valence electrons. The lowest BCUT2D eigenvalue weighted by Crippen LogP contribution is -1.96. The molecule has 0 aliphatic carbocycles. The largest absolute Gasteiger partial charge is 0.601 e. The van der Waals surface area contributed by atoms with Gasteiger partial charge in [0.2, 0.25) is 0 Å². The maximum Gasteiger partial charge on any atom is 0.601 e. The summed E-state index contributed by atoms with van der Waals surface area (Å²) in [4.78, 5) is 0.193. The van der Waals surface area contributed by atoms with Crippen molar-refractivity contribution < 1.29 is 17.6 Å². The number of benzene rings is 2. The fourth-order valence-corrected chi connectivity index (χ4v) is 4.10. The average Bonchev–Trinajstić information content (AvgIpc) is 2.78.